The third kappa shape index (κ3) is 5.94. The molecule has 0 unspecified atom stereocenters. The molecule has 1 aromatic rings. The van der Waals surface area contributed by atoms with Crippen molar-refractivity contribution < 1.29 is 27.8 Å². The average Bonchev–Trinajstić information content (AvgIpc) is 2.44. The van der Waals surface area contributed by atoms with E-state index in [1.165, 1.54) is 19.2 Å². The molecule has 1 rings (SSSR count). The molecule has 3 N–H and O–H groups in total. The van der Waals surface area contributed by atoms with Crippen LogP contribution in [-0.4, -0.2) is 32.1 Å². The summed E-state index contributed by atoms with van der Waals surface area (Å²) in [6.07, 6.45) is -0.174. The molecule has 0 spiro atoms. The zero-order valence-electron chi connectivity index (χ0n) is 11.6. The van der Waals surface area contributed by atoms with Crippen molar-refractivity contribution in [1.82, 2.24) is 5.32 Å². The lowest BCUT2D eigenvalue weighted by molar-refractivity contribution is -0.141. The van der Waals surface area contributed by atoms with Gasteiger partial charge in [0, 0.05) is 4.47 Å². The lowest BCUT2D eigenvalue weighted by atomic mass is 10.0. The summed E-state index contributed by atoms with van der Waals surface area (Å²) in [7, 11) is 1.20. The minimum absolute atomic E-state index is 0.101. The van der Waals surface area contributed by atoms with Crippen LogP contribution < -0.4 is 15.8 Å². The number of carbonyl (C=O) groups is 2. The summed E-state index contributed by atoms with van der Waals surface area (Å²) in [4.78, 5) is 22.9. The zero-order valence-corrected chi connectivity index (χ0v) is 13.2. The molecule has 9 heteroatoms. The van der Waals surface area contributed by atoms with E-state index >= 15 is 0 Å². The fourth-order valence-corrected chi connectivity index (χ4v) is 2.20. The molecule has 1 amide bonds. The topological polar surface area (TPSA) is 90.7 Å². The van der Waals surface area contributed by atoms with E-state index < -0.39 is 24.5 Å². The van der Waals surface area contributed by atoms with Gasteiger partial charge in [-0.05, 0) is 23.8 Å². The van der Waals surface area contributed by atoms with Crippen molar-refractivity contribution in [2.75, 3.05) is 13.7 Å². The van der Waals surface area contributed by atoms with E-state index in [-0.39, 0.29) is 18.7 Å². The highest BCUT2D eigenvalue weighted by atomic mass is 79.9. The molecule has 1 atom stereocenters. The molecule has 0 fully saturated rings. The standard InChI is InChI=1S/C13H15BrF2N2O4/c1-21-12(20)5-10(18-11(19)6-17)7-2-8(14)4-9(3-7)22-13(15)16/h2-4,10,13H,5-6,17H2,1H3,(H,18,19)/t10-/m0/s1. The van der Waals surface area contributed by atoms with E-state index in [9.17, 15) is 18.4 Å². The van der Waals surface area contributed by atoms with Crippen molar-refractivity contribution >= 4 is 27.8 Å². The molecule has 22 heavy (non-hydrogen) atoms. The van der Waals surface area contributed by atoms with Gasteiger partial charge in [0.2, 0.25) is 5.91 Å². The van der Waals surface area contributed by atoms with Gasteiger partial charge in [0.1, 0.15) is 5.75 Å². The third-order valence-electron chi connectivity index (χ3n) is 2.64. The van der Waals surface area contributed by atoms with Gasteiger partial charge in [-0.3, -0.25) is 9.59 Å². The van der Waals surface area contributed by atoms with Crippen molar-refractivity contribution in [3.8, 4) is 5.75 Å². The third-order valence-corrected chi connectivity index (χ3v) is 3.10. The number of rotatable bonds is 7. The van der Waals surface area contributed by atoms with E-state index in [0.717, 1.165) is 0 Å². The van der Waals surface area contributed by atoms with Crippen LogP contribution >= 0.6 is 15.9 Å². The predicted molar refractivity (Wildman–Crippen MR) is 77.3 cm³/mol. The smallest absolute Gasteiger partial charge is 0.387 e. The number of hydrogen-bond donors (Lipinski definition) is 2. The molecular formula is C13H15BrF2N2O4. The second-order valence-electron chi connectivity index (χ2n) is 4.20. The van der Waals surface area contributed by atoms with Crippen LogP contribution in [-0.2, 0) is 14.3 Å². The number of nitrogens with one attached hydrogen (secondary N) is 1. The van der Waals surface area contributed by atoms with Gasteiger partial charge in [-0.1, -0.05) is 15.9 Å². The molecule has 0 radical (unpaired) electrons. The highest BCUT2D eigenvalue weighted by Crippen LogP contribution is 2.28. The van der Waals surface area contributed by atoms with Gasteiger partial charge in [-0.15, -0.1) is 0 Å². The maximum absolute atomic E-state index is 12.3. The molecule has 0 aliphatic heterocycles. The number of esters is 1. The first-order valence-electron chi connectivity index (χ1n) is 6.17. The maximum Gasteiger partial charge on any atom is 0.387 e. The van der Waals surface area contributed by atoms with Crippen molar-refractivity contribution in [2.45, 2.75) is 19.1 Å². The summed E-state index contributed by atoms with van der Waals surface area (Å²) in [5.41, 5.74) is 5.63. The highest BCUT2D eigenvalue weighted by molar-refractivity contribution is 9.10. The number of amides is 1. The van der Waals surface area contributed by atoms with Crippen molar-refractivity contribution in [1.29, 1.82) is 0 Å². The SMILES string of the molecule is COC(=O)C[C@H](NC(=O)CN)c1cc(Br)cc(OC(F)F)c1. The number of alkyl halides is 2. The van der Waals surface area contributed by atoms with Gasteiger partial charge < -0.3 is 20.5 Å². The van der Waals surface area contributed by atoms with Gasteiger partial charge >= 0.3 is 12.6 Å². The number of carbonyl (C=O) groups excluding carboxylic acids is 2. The van der Waals surface area contributed by atoms with Crippen LogP contribution in [0.2, 0.25) is 0 Å². The second kappa shape index (κ2) is 8.64. The van der Waals surface area contributed by atoms with Crippen LogP contribution in [0.1, 0.15) is 18.0 Å². The van der Waals surface area contributed by atoms with Gasteiger partial charge in [0.05, 0.1) is 26.1 Å². The van der Waals surface area contributed by atoms with Crippen LogP contribution in [0.25, 0.3) is 0 Å². The lowest BCUT2D eigenvalue weighted by Crippen LogP contribution is -2.35. The number of halogens is 3. The summed E-state index contributed by atoms with van der Waals surface area (Å²) < 4.78 is 34.0. The number of nitrogens with two attached hydrogens (primary N) is 1. The van der Waals surface area contributed by atoms with E-state index in [1.807, 2.05) is 0 Å². The van der Waals surface area contributed by atoms with Crippen LogP contribution in [0.4, 0.5) is 8.78 Å². The molecule has 1 aromatic carbocycles. The highest BCUT2D eigenvalue weighted by Gasteiger charge is 2.20. The van der Waals surface area contributed by atoms with E-state index in [2.05, 4.69) is 30.7 Å². The lowest BCUT2D eigenvalue weighted by Gasteiger charge is -2.19. The Hall–Kier alpha value is -1.74. The Balaban J connectivity index is 3.08. The van der Waals surface area contributed by atoms with Crippen LogP contribution in [0.15, 0.2) is 22.7 Å². The second-order valence-corrected chi connectivity index (χ2v) is 5.12. The van der Waals surface area contributed by atoms with Crippen molar-refractivity contribution in [3.63, 3.8) is 0 Å². The summed E-state index contributed by atoms with van der Waals surface area (Å²) in [5.74, 6) is -1.17. The molecule has 0 aliphatic carbocycles. The normalized spacial score (nSPS) is 11.9. The Morgan fingerprint density at radius 2 is 2.05 bits per heavy atom. The van der Waals surface area contributed by atoms with Gasteiger partial charge in [0.25, 0.3) is 0 Å². The molecule has 0 saturated heterocycles. The van der Waals surface area contributed by atoms with E-state index in [4.69, 9.17) is 5.73 Å². The minimum atomic E-state index is -2.99. The molecule has 0 saturated carbocycles. The Bertz CT molecular complexity index is 525. The Kier molecular flexibility index (Phi) is 7.19. The Morgan fingerprint density at radius 1 is 1.36 bits per heavy atom. The van der Waals surface area contributed by atoms with E-state index in [1.54, 1.807) is 6.07 Å². The number of ether oxygens (including phenoxy) is 2. The van der Waals surface area contributed by atoms with Gasteiger partial charge in [0.15, 0.2) is 0 Å². The fraction of sp³-hybridized carbons (Fsp3) is 0.385. The summed E-state index contributed by atoms with van der Waals surface area (Å²) in [6, 6.07) is 3.45. The average molecular weight is 381 g/mol. The summed E-state index contributed by atoms with van der Waals surface area (Å²) in [5, 5.41) is 2.53. The van der Waals surface area contributed by atoms with Gasteiger partial charge in [-0.2, -0.15) is 8.78 Å². The number of methoxy groups -OCH3 is 1. The summed E-state index contributed by atoms with van der Waals surface area (Å²) >= 11 is 3.16. The molecule has 6 nitrogen and oxygen atoms in total. The van der Waals surface area contributed by atoms with E-state index in [0.29, 0.717) is 10.0 Å². The molecular weight excluding hydrogens is 366 g/mol. The minimum Gasteiger partial charge on any atom is -0.469 e. The fourth-order valence-electron chi connectivity index (χ4n) is 1.71. The molecule has 0 aliphatic rings. The van der Waals surface area contributed by atoms with Crippen LogP contribution in [0, 0.1) is 0 Å². The predicted octanol–water partition coefficient (Wildman–Crippen LogP) is 1.73. The Morgan fingerprint density at radius 3 is 2.59 bits per heavy atom. The van der Waals surface area contributed by atoms with Gasteiger partial charge in [-0.25, -0.2) is 0 Å². The first-order chi connectivity index (χ1) is 10.3. The number of hydrogen-bond acceptors (Lipinski definition) is 5. The molecule has 0 heterocycles. The first-order valence-corrected chi connectivity index (χ1v) is 6.96. The maximum atomic E-state index is 12.3. The number of benzene rings is 1. The zero-order chi connectivity index (χ0) is 16.7. The van der Waals surface area contributed by atoms with Crippen molar-refractivity contribution in [3.05, 3.63) is 28.2 Å². The monoisotopic (exact) mass is 380 g/mol. The van der Waals surface area contributed by atoms with Crippen molar-refractivity contribution in [2.24, 2.45) is 5.73 Å². The largest absolute Gasteiger partial charge is 0.469 e. The molecule has 0 aromatic heterocycles. The molecule has 122 valence electrons. The molecule has 0 bridgehead atoms. The first kappa shape index (κ1) is 18.3. The van der Waals surface area contributed by atoms with Crippen LogP contribution in [0.3, 0.4) is 0 Å². The van der Waals surface area contributed by atoms with Crippen LogP contribution in [0.5, 0.6) is 5.75 Å². The quantitative estimate of drug-likeness (QED) is 0.703. The Labute approximate surface area is 134 Å². The summed E-state index contributed by atoms with van der Waals surface area (Å²) in [6.45, 7) is -3.26.